The summed E-state index contributed by atoms with van der Waals surface area (Å²) in [4.78, 5) is 2.28. The maximum atomic E-state index is 2.28. The van der Waals surface area contributed by atoms with Crippen molar-refractivity contribution in [3.63, 3.8) is 0 Å². The second kappa shape index (κ2) is 2.90. The minimum absolute atomic E-state index is 1.23. The van der Waals surface area contributed by atoms with E-state index in [0.717, 1.165) is 0 Å². The molecule has 0 amide bonds. The number of nitrogens with zero attached hydrogens (tertiary/aromatic N) is 1. The first-order chi connectivity index (χ1) is 4.33. The maximum absolute atomic E-state index is 2.28. The Bertz CT molecular complexity index is 116. The average molecular weight is 125 g/mol. The molecule has 1 rings (SSSR count). The van der Waals surface area contributed by atoms with Crippen molar-refractivity contribution in [2.75, 3.05) is 13.6 Å². The molecule has 1 nitrogen and oxygen atoms in total. The molecular formula is C8H15N. The Kier molecular flexibility index (Phi) is 2.15. The highest BCUT2D eigenvalue weighted by molar-refractivity contribution is 5.03. The molecule has 0 aromatic carbocycles. The van der Waals surface area contributed by atoms with Crippen LogP contribution in [0.15, 0.2) is 11.8 Å². The van der Waals surface area contributed by atoms with Crippen LogP contribution in [0.5, 0.6) is 0 Å². The van der Waals surface area contributed by atoms with E-state index in [1.807, 2.05) is 0 Å². The predicted molar refractivity (Wildman–Crippen MR) is 40.2 cm³/mol. The van der Waals surface area contributed by atoms with Crippen LogP contribution in [0.25, 0.3) is 0 Å². The summed E-state index contributed by atoms with van der Waals surface area (Å²) in [7, 11) is 2.15. The van der Waals surface area contributed by atoms with Crippen molar-refractivity contribution < 1.29 is 0 Å². The SMILES string of the molecule is CCC1=CN(C)CCC1. The molecule has 0 radical (unpaired) electrons. The van der Waals surface area contributed by atoms with Crippen LogP contribution in [0.4, 0.5) is 0 Å². The summed E-state index contributed by atoms with van der Waals surface area (Å²) in [5.74, 6) is 0. The van der Waals surface area contributed by atoms with E-state index in [1.54, 1.807) is 5.57 Å². The molecule has 1 aliphatic heterocycles. The quantitative estimate of drug-likeness (QED) is 0.518. The van der Waals surface area contributed by atoms with Crippen LogP contribution in [0.3, 0.4) is 0 Å². The molecule has 1 heterocycles. The van der Waals surface area contributed by atoms with Crippen LogP contribution in [0, 0.1) is 0 Å². The number of hydrogen-bond donors (Lipinski definition) is 0. The molecule has 0 aliphatic carbocycles. The third-order valence-corrected chi connectivity index (χ3v) is 1.87. The molecule has 0 N–H and O–H groups in total. The van der Waals surface area contributed by atoms with Gasteiger partial charge in [0, 0.05) is 13.6 Å². The van der Waals surface area contributed by atoms with Crippen LogP contribution in [-0.4, -0.2) is 18.5 Å². The summed E-state index contributed by atoms with van der Waals surface area (Å²) >= 11 is 0. The van der Waals surface area contributed by atoms with Crippen molar-refractivity contribution in [3.8, 4) is 0 Å². The Morgan fingerprint density at radius 1 is 1.67 bits per heavy atom. The highest BCUT2D eigenvalue weighted by Gasteiger charge is 2.03. The standard InChI is InChI=1S/C8H15N/c1-3-8-5-4-6-9(2)7-8/h7H,3-6H2,1-2H3. The first-order valence-electron chi connectivity index (χ1n) is 3.72. The summed E-state index contributed by atoms with van der Waals surface area (Å²) in [5, 5.41) is 0. The fraction of sp³-hybridized carbons (Fsp3) is 0.750. The topological polar surface area (TPSA) is 3.24 Å². The zero-order valence-corrected chi connectivity index (χ0v) is 6.35. The van der Waals surface area contributed by atoms with Gasteiger partial charge >= 0.3 is 0 Å². The Morgan fingerprint density at radius 2 is 2.44 bits per heavy atom. The van der Waals surface area contributed by atoms with E-state index in [9.17, 15) is 0 Å². The molecule has 9 heavy (non-hydrogen) atoms. The largest absolute Gasteiger partial charge is 0.380 e. The lowest BCUT2D eigenvalue weighted by Crippen LogP contribution is -2.17. The van der Waals surface area contributed by atoms with E-state index in [4.69, 9.17) is 0 Å². The van der Waals surface area contributed by atoms with Gasteiger partial charge in [-0.05, 0) is 25.5 Å². The van der Waals surface area contributed by atoms with Gasteiger partial charge < -0.3 is 4.90 Å². The van der Waals surface area contributed by atoms with Crippen LogP contribution in [-0.2, 0) is 0 Å². The number of allylic oxidation sites excluding steroid dienone is 1. The van der Waals surface area contributed by atoms with Gasteiger partial charge in [0.1, 0.15) is 0 Å². The maximum Gasteiger partial charge on any atom is 0.0172 e. The Morgan fingerprint density at radius 3 is 2.89 bits per heavy atom. The fourth-order valence-corrected chi connectivity index (χ4v) is 1.26. The molecule has 0 fully saturated rings. The molecule has 0 saturated carbocycles. The van der Waals surface area contributed by atoms with Crippen LogP contribution in [0.1, 0.15) is 26.2 Å². The second-order valence-electron chi connectivity index (χ2n) is 2.73. The first kappa shape index (κ1) is 6.66. The van der Waals surface area contributed by atoms with Gasteiger partial charge in [-0.1, -0.05) is 12.5 Å². The van der Waals surface area contributed by atoms with Gasteiger partial charge in [-0.15, -0.1) is 0 Å². The summed E-state index contributed by atoms with van der Waals surface area (Å²) < 4.78 is 0. The molecule has 1 aliphatic rings. The van der Waals surface area contributed by atoms with E-state index < -0.39 is 0 Å². The summed E-state index contributed by atoms with van der Waals surface area (Å²) in [6.45, 7) is 3.47. The van der Waals surface area contributed by atoms with E-state index >= 15 is 0 Å². The Balaban J connectivity index is 2.49. The summed E-state index contributed by atoms with van der Waals surface area (Å²) in [5.41, 5.74) is 1.60. The number of rotatable bonds is 1. The molecule has 0 bridgehead atoms. The van der Waals surface area contributed by atoms with E-state index in [2.05, 4.69) is 25.1 Å². The van der Waals surface area contributed by atoms with Gasteiger partial charge in [-0.3, -0.25) is 0 Å². The molecule has 0 spiro atoms. The molecule has 0 aromatic rings. The Labute approximate surface area is 57.4 Å². The van der Waals surface area contributed by atoms with Crippen LogP contribution >= 0.6 is 0 Å². The minimum atomic E-state index is 1.23. The van der Waals surface area contributed by atoms with Crippen molar-refractivity contribution in [2.45, 2.75) is 26.2 Å². The molecule has 0 saturated heterocycles. The van der Waals surface area contributed by atoms with Gasteiger partial charge in [0.05, 0.1) is 0 Å². The van der Waals surface area contributed by atoms with Gasteiger partial charge in [-0.2, -0.15) is 0 Å². The third-order valence-electron chi connectivity index (χ3n) is 1.87. The van der Waals surface area contributed by atoms with Crippen LogP contribution < -0.4 is 0 Å². The smallest absolute Gasteiger partial charge is 0.0172 e. The summed E-state index contributed by atoms with van der Waals surface area (Å²) in [6.07, 6.45) is 6.17. The van der Waals surface area contributed by atoms with E-state index in [1.165, 1.54) is 25.8 Å². The zero-order valence-electron chi connectivity index (χ0n) is 6.35. The normalized spacial score (nSPS) is 19.8. The molecule has 52 valence electrons. The van der Waals surface area contributed by atoms with Crippen molar-refractivity contribution in [3.05, 3.63) is 11.8 Å². The van der Waals surface area contributed by atoms with E-state index in [0.29, 0.717) is 0 Å². The van der Waals surface area contributed by atoms with Crippen LogP contribution in [0.2, 0.25) is 0 Å². The average Bonchev–Trinajstić information content (AvgIpc) is 1.88. The van der Waals surface area contributed by atoms with Crippen molar-refractivity contribution in [1.29, 1.82) is 0 Å². The first-order valence-corrected chi connectivity index (χ1v) is 3.72. The highest BCUT2D eigenvalue weighted by Crippen LogP contribution is 2.15. The van der Waals surface area contributed by atoms with E-state index in [-0.39, 0.29) is 0 Å². The Hall–Kier alpha value is -0.460. The van der Waals surface area contributed by atoms with Gasteiger partial charge in [0.2, 0.25) is 0 Å². The molecule has 1 heteroatoms. The third kappa shape index (κ3) is 1.74. The predicted octanol–water partition coefficient (Wildman–Crippen LogP) is 2.01. The molecular weight excluding hydrogens is 110 g/mol. The van der Waals surface area contributed by atoms with Crippen molar-refractivity contribution >= 4 is 0 Å². The van der Waals surface area contributed by atoms with Crippen molar-refractivity contribution in [1.82, 2.24) is 4.90 Å². The molecule has 0 aromatic heterocycles. The fourth-order valence-electron chi connectivity index (χ4n) is 1.26. The summed E-state index contributed by atoms with van der Waals surface area (Å²) in [6, 6.07) is 0. The highest BCUT2D eigenvalue weighted by atomic mass is 15.1. The minimum Gasteiger partial charge on any atom is -0.380 e. The lowest BCUT2D eigenvalue weighted by molar-refractivity contribution is 0.413. The number of hydrogen-bond acceptors (Lipinski definition) is 1. The van der Waals surface area contributed by atoms with Gasteiger partial charge in [-0.25, -0.2) is 0 Å². The van der Waals surface area contributed by atoms with Gasteiger partial charge in [0.25, 0.3) is 0 Å². The zero-order chi connectivity index (χ0) is 6.69. The lowest BCUT2D eigenvalue weighted by Gasteiger charge is -2.21. The monoisotopic (exact) mass is 125 g/mol. The van der Waals surface area contributed by atoms with Crippen molar-refractivity contribution in [2.24, 2.45) is 0 Å². The molecule has 0 atom stereocenters. The molecule has 0 unspecified atom stereocenters. The second-order valence-corrected chi connectivity index (χ2v) is 2.73. The van der Waals surface area contributed by atoms with Gasteiger partial charge in [0.15, 0.2) is 0 Å². The lowest BCUT2D eigenvalue weighted by atomic mass is 10.1.